The molecule has 23 nitrogen and oxygen atoms in total. The summed E-state index contributed by atoms with van der Waals surface area (Å²) in [6, 6.07) is 20.8. The molecule has 0 radical (unpaired) electrons. The molecule has 6 rings (SSSR count). The highest BCUT2D eigenvalue weighted by molar-refractivity contribution is 6.03. The number of primary amides is 1. The zero-order valence-corrected chi connectivity index (χ0v) is 41.5. The van der Waals surface area contributed by atoms with Gasteiger partial charge in [0.2, 0.25) is 23.6 Å². The molecule has 4 aromatic carbocycles. The number of anilines is 1. The first kappa shape index (κ1) is 56.3. The number of amides is 4. The number of phenolic OH excluding ortho intramolecular Hbond substituents is 1. The van der Waals surface area contributed by atoms with Crippen molar-refractivity contribution in [3.05, 3.63) is 122 Å². The normalized spacial score (nSPS) is 18.5. The molecule has 0 saturated carbocycles. The van der Waals surface area contributed by atoms with Crippen LogP contribution in [0.1, 0.15) is 70.4 Å². The van der Waals surface area contributed by atoms with Crippen LogP contribution in [0.5, 0.6) is 5.75 Å². The van der Waals surface area contributed by atoms with Crippen LogP contribution in [0.4, 0.5) is 11.4 Å². The zero-order chi connectivity index (χ0) is 54.2. The van der Waals surface area contributed by atoms with Gasteiger partial charge in [-0.3, -0.25) is 38.9 Å². The van der Waals surface area contributed by atoms with Crippen molar-refractivity contribution in [3.63, 3.8) is 0 Å². The lowest BCUT2D eigenvalue weighted by Gasteiger charge is -2.45. The number of nitro benzene ring substituents is 1. The van der Waals surface area contributed by atoms with Gasteiger partial charge in [0.05, 0.1) is 22.4 Å². The van der Waals surface area contributed by atoms with Crippen LogP contribution in [0.2, 0.25) is 0 Å². The first-order valence-corrected chi connectivity index (χ1v) is 24.3. The number of hydrogen-bond donors (Lipinski definition) is 8. The maximum absolute atomic E-state index is 13.6. The number of nitrogens with two attached hydrogens (primary N) is 1. The fourth-order valence-electron chi connectivity index (χ4n) is 8.25. The number of nitrogens with one attached hydrogen (secondary N) is 5. The number of aliphatic hydroxyl groups excluding tert-OH is 1. The van der Waals surface area contributed by atoms with Gasteiger partial charge in [-0.05, 0) is 68.5 Å². The first-order chi connectivity index (χ1) is 35.9. The fraction of sp³-hybridized carbons (Fsp3) is 0.404. The number of carbonyl (C=O) groups is 6. The van der Waals surface area contributed by atoms with Crippen LogP contribution in [0.15, 0.2) is 95.8 Å². The Labute approximate surface area is 429 Å². The molecular weight excluding hydrogens is 979 g/mol. The monoisotopic (exact) mass is 1040 g/mol. The van der Waals surface area contributed by atoms with E-state index in [1.165, 1.54) is 51.1 Å². The van der Waals surface area contributed by atoms with E-state index in [2.05, 4.69) is 26.3 Å². The maximum atomic E-state index is 13.6. The summed E-state index contributed by atoms with van der Waals surface area (Å²) in [6.45, 7) is 3.63. The van der Waals surface area contributed by atoms with Crippen molar-refractivity contribution in [3.8, 4) is 5.75 Å². The number of H-pyrrole nitrogens is 1. The van der Waals surface area contributed by atoms with Gasteiger partial charge in [-0.2, -0.15) is 0 Å². The van der Waals surface area contributed by atoms with Crippen molar-refractivity contribution in [2.24, 2.45) is 5.73 Å². The van der Waals surface area contributed by atoms with E-state index in [4.69, 9.17) is 29.4 Å². The number of rotatable bonds is 26. The Hall–Kier alpha value is -7.99. The molecule has 8 atom stereocenters. The second-order valence-electron chi connectivity index (χ2n) is 17.9. The van der Waals surface area contributed by atoms with Crippen molar-refractivity contribution < 1.29 is 67.6 Å². The topological polar surface area (TPSA) is 339 Å². The molecule has 23 heteroatoms. The number of unbranched alkanes of at least 4 members (excludes halogenated alkanes) is 2. The van der Waals surface area contributed by atoms with Crippen LogP contribution in [-0.2, 0) is 65.7 Å². The molecule has 1 aromatic heterocycles. The Morgan fingerprint density at radius 2 is 1.56 bits per heavy atom. The van der Waals surface area contributed by atoms with Gasteiger partial charge in [-0.15, -0.1) is 0 Å². The Balaban J connectivity index is 1.06. The van der Waals surface area contributed by atoms with Crippen molar-refractivity contribution in [2.45, 2.75) is 121 Å². The molecule has 1 unspecified atom stereocenters. The van der Waals surface area contributed by atoms with Gasteiger partial charge in [0.25, 0.3) is 5.69 Å². The third-order valence-electron chi connectivity index (χ3n) is 12.2. The molecule has 5 aromatic rings. The van der Waals surface area contributed by atoms with E-state index in [1.54, 1.807) is 54.6 Å². The Morgan fingerprint density at radius 3 is 2.23 bits per heavy atom. The van der Waals surface area contributed by atoms with Gasteiger partial charge >= 0.3 is 11.9 Å². The molecule has 0 bridgehead atoms. The van der Waals surface area contributed by atoms with Gasteiger partial charge in [0, 0.05) is 43.5 Å². The van der Waals surface area contributed by atoms with Gasteiger partial charge in [0.15, 0.2) is 11.7 Å². The Morgan fingerprint density at radius 1 is 0.867 bits per heavy atom. The summed E-state index contributed by atoms with van der Waals surface area (Å²) in [5, 5.41) is 44.6. The molecule has 0 aliphatic carbocycles. The number of ether oxygens (including phenoxy) is 5. The van der Waals surface area contributed by atoms with Crippen molar-refractivity contribution in [1.82, 2.24) is 20.9 Å². The van der Waals surface area contributed by atoms with Gasteiger partial charge in [-0.1, -0.05) is 67.1 Å². The fourth-order valence-corrected chi connectivity index (χ4v) is 8.25. The smallest absolute Gasteiger partial charge is 0.328 e. The third-order valence-corrected chi connectivity index (χ3v) is 12.2. The van der Waals surface area contributed by atoms with Crippen molar-refractivity contribution in [1.29, 1.82) is 0 Å². The quantitative estimate of drug-likeness (QED) is 0.0129. The average Bonchev–Trinajstić information content (AvgIpc) is 3.38. The summed E-state index contributed by atoms with van der Waals surface area (Å²) >= 11 is 0. The van der Waals surface area contributed by atoms with E-state index in [9.17, 15) is 53.9 Å². The predicted octanol–water partition coefficient (Wildman–Crippen LogP) is 3.39. The Kier molecular flexibility index (Phi) is 20.1. The highest BCUT2D eigenvalue weighted by atomic mass is 16.7. The number of benzene rings is 4. The van der Waals surface area contributed by atoms with Crippen molar-refractivity contribution >= 4 is 68.7 Å². The van der Waals surface area contributed by atoms with E-state index in [1.807, 2.05) is 6.07 Å². The standard InChI is InChI=1S/C52H61N7O16/c1-29(49(66)58-38(21-23-41(53)62)51(68)72-26-32-13-7-4-8-14-32)55-50(67)30(2)74-48-45(56-31(3)60)52(73-27-33-15-9-5-10-16-33)75-40(47(48)65)28-71-42(63)17-11-6-12-24-54-37-20-22-39(59(69)70)44-43(37)46(64)35-25-34(61)18-19-36(35)57-44/h4-5,7-10,13-16,18-20,22,25,29-30,38,40,45,47-48,52,54,61,65H,6,11-12,17,21,23-24,26-28H2,1-3H3,(H2,53,62)(H,55,67)(H,56,60)(H,57,64)(H,58,66)/t29-,30?,38+,40-,45-,47+,48+,52+/m0/s1. The lowest BCUT2D eigenvalue weighted by Crippen LogP contribution is -2.66. The number of nitro groups is 1. The number of esters is 2. The van der Waals surface area contributed by atoms with E-state index in [-0.39, 0.29) is 60.2 Å². The van der Waals surface area contributed by atoms with Crippen LogP contribution >= 0.6 is 0 Å². The SMILES string of the molecule is CC(=O)N[C@@H]1[C@H](OCc2ccccc2)O[C@@H](COC(=O)CCCCCNc2ccc([N+](=O)[O-])c3[nH]c4ccc(O)cc4c(=O)c23)[C@@H](O)[C@@H]1OC(C)C(=O)N[C@@H](C)C(=O)N[C@H](CCC(N)=O)C(=O)OCc1ccccc1. The Bertz CT molecular complexity index is 2890. The maximum Gasteiger partial charge on any atom is 0.328 e. The molecule has 1 aliphatic rings. The molecule has 1 aliphatic heterocycles. The highest BCUT2D eigenvalue weighted by Gasteiger charge is 2.49. The lowest BCUT2D eigenvalue weighted by atomic mass is 9.96. The summed E-state index contributed by atoms with van der Waals surface area (Å²) in [5.74, 6) is -4.51. The number of nitrogens with zero attached hydrogens (tertiary/aromatic N) is 1. The van der Waals surface area contributed by atoms with E-state index in [0.29, 0.717) is 42.6 Å². The third kappa shape index (κ3) is 15.8. The van der Waals surface area contributed by atoms with E-state index in [0.717, 1.165) is 5.56 Å². The summed E-state index contributed by atoms with van der Waals surface area (Å²) in [4.78, 5) is 105. The number of pyridine rings is 1. The molecule has 0 spiro atoms. The number of carbonyl (C=O) groups excluding carboxylic acids is 6. The van der Waals surface area contributed by atoms with Crippen LogP contribution in [0.3, 0.4) is 0 Å². The number of non-ortho nitro benzene ring substituents is 1. The number of fused-ring (bicyclic) bond motifs is 2. The van der Waals surface area contributed by atoms with Crippen molar-refractivity contribution in [2.75, 3.05) is 18.5 Å². The second-order valence-corrected chi connectivity index (χ2v) is 17.9. The molecule has 1 fully saturated rings. The minimum Gasteiger partial charge on any atom is -0.508 e. The molecule has 400 valence electrons. The molecule has 4 amide bonds. The van der Waals surface area contributed by atoms with Gasteiger partial charge in [-0.25, -0.2) is 4.79 Å². The first-order valence-electron chi connectivity index (χ1n) is 24.3. The molecule has 75 heavy (non-hydrogen) atoms. The number of hydrogen-bond acceptors (Lipinski definition) is 17. The molecule has 2 heterocycles. The number of aliphatic hydroxyl groups is 1. The highest BCUT2D eigenvalue weighted by Crippen LogP contribution is 2.31. The zero-order valence-electron chi connectivity index (χ0n) is 41.5. The van der Waals surface area contributed by atoms with Crippen LogP contribution in [0.25, 0.3) is 21.8 Å². The summed E-state index contributed by atoms with van der Waals surface area (Å²) in [6.07, 6.45) is -6.12. The summed E-state index contributed by atoms with van der Waals surface area (Å²) < 4.78 is 29.3. The molecule has 1 saturated heterocycles. The van der Waals surface area contributed by atoms with Crippen LogP contribution < -0.4 is 32.4 Å². The largest absolute Gasteiger partial charge is 0.508 e. The van der Waals surface area contributed by atoms with E-state index >= 15 is 0 Å². The van der Waals surface area contributed by atoms with Crippen LogP contribution in [-0.4, -0.2) is 118 Å². The van der Waals surface area contributed by atoms with Gasteiger partial charge in [0.1, 0.15) is 67.0 Å². The lowest BCUT2D eigenvalue weighted by molar-refractivity contribution is -0.383. The predicted molar refractivity (Wildman–Crippen MR) is 270 cm³/mol. The van der Waals surface area contributed by atoms with Crippen LogP contribution in [0, 0.1) is 10.1 Å². The summed E-state index contributed by atoms with van der Waals surface area (Å²) in [7, 11) is 0. The average molecular weight is 1040 g/mol. The summed E-state index contributed by atoms with van der Waals surface area (Å²) in [5.41, 5.74) is 6.62. The molecular formula is C52H61N7O16. The number of phenols is 1. The number of aromatic nitrogens is 1. The molecule has 9 N–H and O–H groups in total. The second kappa shape index (κ2) is 26.8. The van der Waals surface area contributed by atoms with Gasteiger partial charge < -0.3 is 65.9 Å². The van der Waals surface area contributed by atoms with E-state index < -0.39 is 101 Å². The minimum absolute atomic E-state index is 0.0208. The number of aromatic amines is 1. The number of aromatic hydroxyl groups is 1. The minimum atomic E-state index is -1.63.